The molecule has 0 spiro atoms. The average molecular weight is 194 g/mol. The van der Waals surface area contributed by atoms with Gasteiger partial charge in [-0.3, -0.25) is 0 Å². The van der Waals surface area contributed by atoms with Gasteiger partial charge in [0.2, 0.25) is 0 Å². The third-order valence-corrected chi connectivity index (χ3v) is 1.15. The first-order chi connectivity index (χ1) is 6.29. The van der Waals surface area contributed by atoms with Crippen LogP contribution in [0.5, 0.6) is 0 Å². The van der Waals surface area contributed by atoms with Crippen LogP contribution in [0.1, 0.15) is 19.1 Å². The van der Waals surface area contributed by atoms with E-state index in [9.17, 15) is 0 Å². The molecule has 0 saturated heterocycles. The first kappa shape index (κ1) is 12.2. The first-order valence-corrected chi connectivity index (χ1v) is 3.72. The van der Waals surface area contributed by atoms with Gasteiger partial charge in [0.25, 0.3) is 0 Å². The van der Waals surface area contributed by atoms with E-state index in [1.807, 2.05) is 6.92 Å². The SMILES string of the molecule is C.Cc1ncccn1.Cc1nn[nH]n1. The minimum Gasteiger partial charge on any atom is -0.242 e. The maximum Gasteiger partial charge on any atom is 0.171 e. The third-order valence-electron chi connectivity index (χ3n) is 1.15. The van der Waals surface area contributed by atoms with Crippen molar-refractivity contribution >= 4 is 0 Å². The summed E-state index contributed by atoms with van der Waals surface area (Å²) < 4.78 is 0. The number of hydrogen-bond donors (Lipinski definition) is 1. The van der Waals surface area contributed by atoms with Crippen LogP contribution in [0, 0.1) is 13.8 Å². The molecule has 0 aliphatic carbocycles. The van der Waals surface area contributed by atoms with Gasteiger partial charge in [-0.05, 0) is 19.9 Å². The lowest BCUT2D eigenvalue weighted by Gasteiger charge is -1.81. The Hall–Kier alpha value is -1.85. The fourth-order valence-electron chi connectivity index (χ4n) is 0.585. The Bertz CT molecular complexity index is 317. The van der Waals surface area contributed by atoms with Crippen molar-refractivity contribution in [3.8, 4) is 0 Å². The van der Waals surface area contributed by atoms with Crippen LogP contribution in [0.4, 0.5) is 0 Å². The van der Waals surface area contributed by atoms with E-state index in [0.717, 1.165) is 5.82 Å². The van der Waals surface area contributed by atoms with Crippen LogP contribution in [-0.4, -0.2) is 30.6 Å². The molecular formula is C8H14N6. The summed E-state index contributed by atoms with van der Waals surface area (Å²) in [4.78, 5) is 7.74. The van der Waals surface area contributed by atoms with Crippen molar-refractivity contribution in [2.45, 2.75) is 21.3 Å². The number of nitrogens with zero attached hydrogens (tertiary/aromatic N) is 5. The van der Waals surface area contributed by atoms with E-state index in [1.54, 1.807) is 25.4 Å². The highest BCUT2D eigenvalue weighted by Gasteiger charge is 1.78. The Morgan fingerprint density at radius 2 is 1.71 bits per heavy atom. The fourth-order valence-corrected chi connectivity index (χ4v) is 0.585. The van der Waals surface area contributed by atoms with Gasteiger partial charge in [0.05, 0.1) is 0 Å². The van der Waals surface area contributed by atoms with Crippen molar-refractivity contribution in [1.29, 1.82) is 0 Å². The van der Waals surface area contributed by atoms with Crippen LogP contribution in [0.15, 0.2) is 18.5 Å². The van der Waals surface area contributed by atoms with E-state index in [0.29, 0.717) is 5.82 Å². The standard InChI is InChI=1S/C5H6N2.C2H4N4.CH4/c1-5-6-3-2-4-7-5;1-2-3-5-6-4-2;/h2-4H,1H3;1H3,(H,3,4,5,6);1H4. The van der Waals surface area contributed by atoms with Gasteiger partial charge in [-0.1, -0.05) is 12.6 Å². The number of nitrogens with one attached hydrogen (secondary N) is 1. The second-order valence-electron chi connectivity index (χ2n) is 2.26. The average Bonchev–Trinajstić information content (AvgIpc) is 2.58. The summed E-state index contributed by atoms with van der Waals surface area (Å²) in [6.45, 7) is 3.63. The normalized spacial score (nSPS) is 8.14. The molecule has 0 aliphatic rings. The maximum atomic E-state index is 3.87. The van der Waals surface area contributed by atoms with Crippen LogP contribution in [-0.2, 0) is 0 Å². The summed E-state index contributed by atoms with van der Waals surface area (Å²) in [6.07, 6.45) is 3.45. The smallest absolute Gasteiger partial charge is 0.171 e. The highest BCUT2D eigenvalue weighted by atomic mass is 15.5. The lowest BCUT2D eigenvalue weighted by Crippen LogP contribution is -1.80. The van der Waals surface area contributed by atoms with Crippen LogP contribution in [0.25, 0.3) is 0 Å². The van der Waals surface area contributed by atoms with E-state index in [1.165, 1.54) is 0 Å². The zero-order valence-corrected chi connectivity index (χ0v) is 7.47. The molecule has 6 nitrogen and oxygen atoms in total. The molecule has 0 amide bonds. The summed E-state index contributed by atoms with van der Waals surface area (Å²) in [5, 5.41) is 12.7. The molecule has 0 bridgehead atoms. The molecule has 0 atom stereocenters. The molecule has 2 heterocycles. The van der Waals surface area contributed by atoms with Crippen LogP contribution in [0.2, 0.25) is 0 Å². The molecular weight excluding hydrogens is 180 g/mol. The Balaban J connectivity index is 0.000000227. The molecule has 0 aliphatic heterocycles. The van der Waals surface area contributed by atoms with Crippen molar-refractivity contribution in [3.05, 3.63) is 30.1 Å². The van der Waals surface area contributed by atoms with Gasteiger partial charge in [-0.25, -0.2) is 9.97 Å². The van der Waals surface area contributed by atoms with Crippen LogP contribution in [0.3, 0.4) is 0 Å². The summed E-state index contributed by atoms with van der Waals surface area (Å²) >= 11 is 0. The monoisotopic (exact) mass is 194 g/mol. The summed E-state index contributed by atoms with van der Waals surface area (Å²) in [5.41, 5.74) is 0. The maximum absolute atomic E-state index is 3.87. The predicted octanol–water partition coefficient (Wildman–Crippen LogP) is 0.929. The molecule has 2 aromatic rings. The molecule has 0 fully saturated rings. The number of hydrogen-bond acceptors (Lipinski definition) is 5. The fraction of sp³-hybridized carbons (Fsp3) is 0.375. The van der Waals surface area contributed by atoms with Crippen molar-refractivity contribution < 1.29 is 0 Å². The van der Waals surface area contributed by atoms with Gasteiger partial charge >= 0.3 is 0 Å². The van der Waals surface area contributed by atoms with E-state index >= 15 is 0 Å². The van der Waals surface area contributed by atoms with Gasteiger partial charge < -0.3 is 0 Å². The molecule has 76 valence electrons. The van der Waals surface area contributed by atoms with Gasteiger partial charge in [0.15, 0.2) is 5.82 Å². The Morgan fingerprint density at radius 1 is 1.07 bits per heavy atom. The minimum absolute atomic E-state index is 0. The lowest BCUT2D eigenvalue weighted by atomic mass is 10.6. The molecule has 0 radical (unpaired) electrons. The number of tetrazole rings is 1. The molecule has 1 N–H and O–H groups in total. The second-order valence-corrected chi connectivity index (χ2v) is 2.26. The van der Waals surface area contributed by atoms with E-state index < -0.39 is 0 Å². The predicted molar refractivity (Wildman–Crippen MR) is 52.4 cm³/mol. The molecule has 0 unspecified atom stereocenters. The summed E-state index contributed by atoms with van der Waals surface area (Å²) in [7, 11) is 0. The minimum atomic E-state index is 0. The third kappa shape index (κ3) is 4.91. The van der Waals surface area contributed by atoms with Gasteiger partial charge in [0, 0.05) is 12.4 Å². The number of aromatic amines is 1. The molecule has 14 heavy (non-hydrogen) atoms. The van der Waals surface area contributed by atoms with Crippen molar-refractivity contribution in [2.24, 2.45) is 0 Å². The summed E-state index contributed by atoms with van der Waals surface area (Å²) in [5.74, 6) is 1.50. The number of rotatable bonds is 0. The Labute approximate surface area is 82.8 Å². The van der Waals surface area contributed by atoms with Crippen molar-refractivity contribution in [3.63, 3.8) is 0 Å². The first-order valence-electron chi connectivity index (χ1n) is 3.72. The van der Waals surface area contributed by atoms with Crippen molar-refractivity contribution in [1.82, 2.24) is 30.6 Å². The van der Waals surface area contributed by atoms with Gasteiger partial charge in [-0.15, -0.1) is 10.2 Å². The van der Waals surface area contributed by atoms with E-state index in [4.69, 9.17) is 0 Å². The van der Waals surface area contributed by atoms with Crippen molar-refractivity contribution in [2.75, 3.05) is 0 Å². The quantitative estimate of drug-likeness (QED) is 0.674. The largest absolute Gasteiger partial charge is 0.242 e. The number of aryl methyl sites for hydroxylation is 2. The van der Waals surface area contributed by atoms with Crippen LogP contribution >= 0.6 is 0 Å². The van der Waals surface area contributed by atoms with E-state index in [-0.39, 0.29) is 7.43 Å². The zero-order chi connectivity index (χ0) is 9.52. The van der Waals surface area contributed by atoms with E-state index in [2.05, 4.69) is 30.6 Å². The van der Waals surface area contributed by atoms with Gasteiger partial charge in [-0.2, -0.15) is 5.21 Å². The second kappa shape index (κ2) is 6.64. The summed E-state index contributed by atoms with van der Waals surface area (Å²) in [6, 6.07) is 1.80. The number of aromatic nitrogens is 6. The molecule has 0 saturated carbocycles. The topological polar surface area (TPSA) is 80.2 Å². The molecule has 0 aromatic carbocycles. The molecule has 6 heteroatoms. The lowest BCUT2D eigenvalue weighted by molar-refractivity contribution is 0.881. The molecule has 2 aromatic heterocycles. The Morgan fingerprint density at radius 3 is 1.93 bits per heavy atom. The highest BCUT2D eigenvalue weighted by molar-refractivity contribution is 4.83. The van der Waals surface area contributed by atoms with Crippen LogP contribution < -0.4 is 0 Å². The van der Waals surface area contributed by atoms with Gasteiger partial charge in [0.1, 0.15) is 5.82 Å². The highest BCUT2D eigenvalue weighted by Crippen LogP contribution is 1.78. The molecule has 2 rings (SSSR count). The zero-order valence-electron chi connectivity index (χ0n) is 7.47. The number of H-pyrrole nitrogens is 1. The Kier molecular flexibility index (Phi) is 5.77.